The van der Waals surface area contributed by atoms with Gasteiger partial charge in [-0.15, -0.1) is 11.3 Å². The highest BCUT2D eigenvalue weighted by Gasteiger charge is 2.21. The van der Waals surface area contributed by atoms with Crippen molar-refractivity contribution in [2.75, 3.05) is 18.8 Å². The van der Waals surface area contributed by atoms with Crippen molar-refractivity contribution in [3.63, 3.8) is 0 Å². The molecular formula is C12H17N5S. The first kappa shape index (κ1) is 11.7. The molecule has 3 heterocycles. The number of rotatable bonds is 3. The van der Waals surface area contributed by atoms with Gasteiger partial charge in [-0.05, 0) is 13.0 Å². The van der Waals surface area contributed by atoms with Crippen LogP contribution in [0.5, 0.6) is 0 Å². The molecule has 3 N–H and O–H groups in total. The maximum Gasteiger partial charge on any atom is 0.129 e. The summed E-state index contributed by atoms with van der Waals surface area (Å²) in [5.41, 5.74) is 8.01. The summed E-state index contributed by atoms with van der Waals surface area (Å²) < 4.78 is 0. The van der Waals surface area contributed by atoms with Gasteiger partial charge in [0.15, 0.2) is 0 Å². The average Bonchev–Trinajstić information content (AvgIpc) is 2.94. The summed E-state index contributed by atoms with van der Waals surface area (Å²) in [7, 11) is 0. The van der Waals surface area contributed by atoms with Gasteiger partial charge in [-0.2, -0.15) is 5.10 Å². The Morgan fingerprint density at radius 3 is 3.17 bits per heavy atom. The molecule has 0 saturated carbocycles. The van der Waals surface area contributed by atoms with Gasteiger partial charge in [0.25, 0.3) is 0 Å². The molecule has 0 bridgehead atoms. The van der Waals surface area contributed by atoms with Crippen molar-refractivity contribution in [2.45, 2.75) is 26.3 Å². The van der Waals surface area contributed by atoms with Gasteiger partial charge < -0.3 is 5.73 Å². The van der Waals surface area contributed by atoms with Crippen LogP contribution in [0.3, 0.4) is 0 Å². The largest absolute Gasteiger partial charge is 0.383 e. The number of hydrogen-bond acceptors (Lipinski definition) is 5. The van der Waals surface area contributed by atoms with Crippen LogP contribution in [0.1, 0.15) is 23.9 Å². The Kier molecular flexibility index (Phi) is 3.05. The topological polar surface area (TPSA) is 70.8 Å². The smallest absolute Gasteiger partial charge is 0.129 e. The fourth-order valence-corrected chi connectivity index (χ4v) is 3.51. The molecule has 2 aromatic heterocycles. The number of nitrogens with one attached hydrogen (secondary N) is 1. The van der Waals surface area contributed by atoms with Crippen LogP contribution in [0.25, 0.3) is 10.6 Å². The summed E-state index contributed by atoms with van der Waals surface area (Å²) in [6.45, 7) is 5.53. The number of anilines is 1. The standard InChI is InChI=1S/C12H17N5S/c1-2-4-17-5-3-9-10(7-17)18-12(15-9)8-6-14-16-11(8)13/h6H,2-5,7H2,1H3,(H3,13,14,16). The zero-order valence-corrected chi connectivity index (χ0v) is 11.3. The molecule has 0 atom stereocenters. The van der Waals surface area contributed by atoms with Crippen LogP contribution in [-0.2, 0) is 13.0 Å². The Bertz CT molecular complexity index is 544. The van der Waals surface area contributed by atoms with E-state index < -0.39 is 0 Å². The third-order valence-corrected chi connectivity index (χ3v) is 4.37. The molecule has 6 heteroatoms. The van der Waals surface area contributed by atoms with E-state index in [1.807, 2.05) is 0 Å². The Hall–Kier alpha value is -1.40. The molecule has 0 unspecified atom stereocenters. The molecule has 3 rings (SSSR count). The molecule has 0 radical (unpaired) electrons. The number of H-pyrrole nitrogens is 1. The molecule has 0 amide bonds. The molecule has 1 aliphatic heterocycles. The molecule has 0 aromatic carbocycles. The van der Waals surface area contributed by atoms with Crippen molar-refractivity contribution >= 4 is 17.2 Å². The molecule has 0 spiro atoms. The minimum atomic E-state index is 0.603. The Labute approximate surface area is 110 Å². The van der Waals surface area contributed by atoms with Crippen LogP contribution < -0.4 is 5.73 Å². The molecule has 2 aromatic rings. The van der Waals surface area contributed by atoms with Crippen LogP contribution in [0.15, 0.2) is 6.20 Å². The quantitative estimate of drug-likeness (QED) is 0.887. The van der Waals surface area contributed by atoms with Gasteiger partial charge in [0.05, 0.1) is 17.5 Å². The van der Waals surface area contributed by atoms with Crippen molar-refractivity contribution in [1.82, 2.24) is 20.1 Å². The maximum atomic E-state index is 5.84. The van der Waals surface area contributed by atoms with E-state index in [0.29, 0.717) is 5.82 Å². The lowest BCUT2D eigenvalue weighted by atomic mass is 10.2. The lowest BCUT2D eigenvalue weighted by Crippen LogP contribution is -2.30. The zero-order chi connectivity index (χ0) is 12.5. The van der Waals surface area contributed by atoms with E-state index >= 15 is 0 Å². The second-order valence-corrected chi connectivity index (χ2v) is 5.70. The summed E-state index contributed by atoms with van der Waals surface area (Å²) in [6, 6.07) is 0. The highest BCUT2D eigenvalue weighted by atomic mass is 32.1. The second-order valence-electron chi connectivity index (χ2n) is 4.61. The monoisotopic (exact) mass is 263 g/mol. The van der Waals surface area contributed by atoms with Gasteiger partial charge in [-0.25, -0.2) is 4.98 Å². The third-order valence-electron chi connectivity index (χ3n) is 3.25. The van der Waals surface area contributed by atoms with E-state index in [9.17, 15) is 0 Å². The Morgan fingerprint density at radius 2 is 2.44 bits per heavy atom. The molecule has 5 nitrogen and oxygen atoms in total. The molecule has 0 fully saturated rings. The average molecular weight is 263 g/mol. The Balaban J connectivity index is 1.87. The molecule has 0 saturated heterocycles. The van der Waals surface area contributed by atoms with Gasteiger partial charge in [-0.3, -0.25) is 10.00 Å². The van der Waals surface area contributed by atoms with E-state index in [4.69, 9.17) is 10.7 Å². The number of aromatic amines is 1. The fourth-order valence-electron chi connectivity index (χ4n) is 2.34. The van der Waals surface area contributed by atoms with E-state index in [2.05, 4.69) is 22.0 Å². The minimum absolute atomic E-state index is 0.603. The van der Waals surface area contributed by atoms with Crippen molar-refractivity contribution in [2.24, 2.45) is 0 Å². The summed E-state index contributed by atoms with van der Waals surface area (Å²) in [4.78, 5) is 8.57. The Morgan fingerprint density at radius 1 is 1.56 bits per heavy atom. The first-order valence-corrected chi connectivity index (χ1v) is 7.09. The second kappa shape index (κ2) is 4.70. The van der Waals surface area contributed by atoms with Crippen LogP contribution >= 0.6 is 11.3 Å². The van der Waals surface area contributed by atoms with Gasteiger partial charge in [0.1, 0.15) is 10.8 Å². The number of aromatic nitrogens is 3. The summed E-state index contributed by atoms with van der Waals surface area (Å²) >= 11 is 1.74. The number of nitrogen functional groups attached to an aromatic ring is 1. The van der Waals surface area contributed by atoms with Gasteiger partial charge in [0.2, 0.25) is 0 Å². The summed E-state index contributed by atoms with van der Waals surface area (Å²) in [6.07, 6.45) is 4.00. The van der Waals surface area contributed by atoms with Gasteiger partial charge in [0, 0.05) is 24.4 Å². The molecule has 1 aliphatic rings. The number of hydrogen-bond donors (Lipinski definition) is 2. The number of nitrogens with two attached hydrogens (primary N) is 1. The maximum absolute atomic E-state index is 5.84. The number of nitrogens with zero attached hydrogens (tertiary/aromatic N) is 3. The van der Waals surface area contributed by atoms with Crippen molar-refractivity contribution in [1.29, 1.82) is 0 Å². The third kappa shape index (κ3) is 2.02. The van der Waals surface area contributed by atoms with Crippen molar-refractivity contribution < 1.29 is 0 Å². The van der Waals surface area contributed by atoms with Crippen LogP contribution in [0, 0.1) is 0 Å². The first-order valence-electron chi connectivity index (χ1n) is 6.28. The highest BCUT2D eigenvalue weighted by Crippen LogP contribution is 2.33. The lowest BCUT2D eigenvalue weighted by molar-refractivity contribution is 0.256. The lowest BCUT2D eigenvalue weighted by Gasteiger charge is -2.25. The summed E-state index contributed by atoms with van der Waals surface area (Å²) in [5, 5.41) is 7.71. The fraction of sp³-hybridized carbons (Fsp3) is 0.500. The van der Waals surface area contributed by atoms with Crippen LogP contribution in [0.4, 0.5) is 5.82 Å². The van der Waals surface area contributed by atoms with Gasteiger partial charge >= 0.3 is 0 Å². The normalized spacial score (nSPS) is 15.8. The molecule has 18 heavy (non-hydrogen) atoms. The van der Waals surface area contributed by atoms with Gasteiger partial charge in [-0.1, -0.05) is 6.92 Å². The predicted molar refractivity (Wildman–Crippen MR) is 73.4 cm³/mol. The minimum Gasteiger partial charge on any atom is -0.383 e. The highest BCUT2D eigenvalue weighted by molar-refractivity contribution is 7.15. The predicted octanol–water partition coefficient (Wildman–Crippen LogP) is 1.88. The van der Waals surface area contributed by atoms with E-state index in [1.54, 1.807) is 17.5 Å². The van der Waals surface area contributed by atoms with Crippen LogP contribution in [0.2, 0.25) is 0 Å². The summed E-state index contributed by atoms with van der Waals surface area (Å²) in [5.74, 6) is 0.603. The number of fused-ring (bicyclic) bond motifs is 1. The van der Waals surface area contributed by atoms with Crippen LogP contribution in [-0.4, -0.2) is 33.2 Å². The van der Waals surface area contributed by atoms with E-state index in [1.165, 1.54) is 23.5 Å². The molecular weight excluding hydrogens is 246 g/mol. The first-order chi connectivity index (χ1) is 8.78. The van der Waals surface area contributed by atoms with Crippen molar-refractivity contribution in [3.05, 3.63) is 16.8 Å². The van der Waals surface area contributed by atoms with E-state index in [-0.39, 0.29) is 0 Å². The molecule has 96 valence electrons. The van der Waals surface area contributed by atoms with Crippen molar-refractivity contribution in [3.8, 4) is 10.6 Å². The zero-order valence-electron chi connectivity index (χ0n) is 10.4. The number of thiazole rings is 1. The van der Waals surface area contributed by atoms with E-state index in [0.717, 1.165) is 30.1 Å². The molecule has 0 aliphatic carbocycles. The SMILES string of the molecule is CCCN1CCc2nc(-c3cn[nH]c3N)sc2C1.